The Labute approximate surface area is 205 Å². The van der Waals surface area contributed by atoms with E-state index in [0.29, 0.717) is 0 Å². The monoisotopic (exact) mass is 498 g/mol. The van der Waals surface area contributed by atoms with E-state index in [-0.39, 0.29) is 53.4 Å². The first-order valence-electron chi connectivity index (χ1n) is 10.7. The van der Waals surface area contributed by atoms with Crippen molar-refractivity contribution in [3.05, 3.63) is 30.3 Å². The predicted molar refractivity (Wildman–Crippen MR) is 117 cm³/mol. The number of unbranched alkanes of at least 4 members (excludes halogenated alkanes) is 4. The van der Waals surface area contributed by atoms with Crippen LogP contribution in [0.5, 0.6) is 0 Å². The standard InChI is InChI=1S/C6H7O3P.4C4H9O.Ti/c7-10(8,9)6-4-2-1-3-5-6;4*1-2-3-4-5;/h1-5H,(H2,7,8,9);4*2-4H2,1H3;/q;4*-1;+4. The van der Waals surface area contributed by atoms with E-state index in [0.717, 1.165) is 51.4 Å². The third-order valence-electron chi connectivity index (χ3n) is 3.08. The molecule has 0 heterocycles. The Bertz CT molecular complexity index is 399. The van der Waals surface area contributed by atoms with Crippen LogP contribution in [0.25, 0.3) is 0 Å². The van der Waals surface area contributed by atoms with E-state index < -0.39 is 7.60 Å². The van der Waals surface area contributed by atoms with Crippen LogP contribution in [-0.2, 0) is 26.3 Å². The Hall–Kier alpha value is -0.0757. The van der Waals surface area contributed by atoms with Gasteiger partial charge < -0.3 is 30.2 Å². The molecule has 2 N–H and O–H groups in total. The van der Waals surface area contributed by atoms with Gasteiger partial charge in [-0.2, -0.15) is 0 Å². The number of hydrogen-bond donors (Lipinski definition) is 2. The van der Waals surface area contributed by atoms with Crippen LogP contribution in [0.4, 0.5) is 0 Å². The van der Waals surface area contributed by atoms with Crippen molar-refractivity contribution in [1.29, 1.82) is 0 Å². The minimum Gasteiger partial charge on any atom is -0.854 e. The summed E-state index contributed by atoms with van der Waals surface area (Å²) >= 11 is 0. The first-order valence-corrected chi connectivity index (χ1v) is 12.3. The van der Waals surface area contributed by atoms with Crippen molar-refractivity contribution in [1.82, 2.24) is 0 Å². The third kappa shape index (κ3) is 48.5. The quantitative estimate of drug-likeness (QED) is 0.382. The van der Waals surface area contributed by atoms with Crippen LogP contribution >= 0.6 is 7.60 Å². The molecule has 1 aromatic carbocycles. The molecule has 0 unspecified atom stereocenters. The van der Waals surface area contributed by atoms with Crippen LogP contribution < -0.4 is 25.7 Å². The molecule has 7 nitrogen and oxygen atoms in total. The summed E-state index contributed by atoms with van der Waals surface area (Å²) in [5, 5.41) is 38.2. The molecule has 0 bridgehead atoms. The van der Waals surface area contributed by atoms with Gasteiger partial charge >= 0.3 is 29.3 Å². The van der Waals surface area contributed by atoms with E-state index in [1.807, 2.05) is 27.7 Å². The van der Waals surface area contributed by atoms with E-state index in [1.165, 1.54) is 12.1 Å². The van der Waals surface area contributed by atoms with Crippen molar-refractivity contribution < 1.29 is 56.5 Å². The van der Waals surface area contributed by atoms with Gasteiger partial charge in [-0.15, -0.1) is 26.4 Å². The Balaban J connectivity index is -0.0000000946. The van der Waals surface area contributed by atoms with Gasteiger partial charge in [-0.3, -0.25) is 4.57 Å². The van der Waals surface area contributed by atoms with E-state index in [2.05, 4.69) is 0 Å². The third-order valence-corrected chi connectivity index (χ3v) is 4.05. The van der Waals surface area contributed by atoms with Gasteiger partial charge in [0.1, 0.15) is 0 Å². The van der Waals surface area contributed by atoms with Crippen molar-refractivity contribution in [2.24, 2.45) is 0 Å². The fraction of sp³-hybridized carbons (Fsp3) is 0.727. The largest absolute Gasteiger partial charge is 4.00 e. The van der Waals surface area contributed by atoms with Crippen molar-refractivity contribution in [2.45, 2.75) is 79.1 Å². The SMILES string of the molecule is CCCC[O-].CCCC[O-].CCCC[O-].CCCC[O-].O=P(O)(O)c1ccccc1.[Ti+4]. The zero-order valence-electron chi connectivity index (χ0n) is 19.8. The molecule has 0 aliphatic heterocycles. The summed E-state index contributed by atoms with van der Waals surface area (Å²) in [6.07, 6.45) is 7.46. The second kappa shape index (κ2) is 37.3. The molecule has 0 fully saturated rings. The molecular formula is C22H43O7PTi. The Kier molecular flexibility index (Phi) is 49.5. The molecule has 0 aliphatic carbocycles. The number of hydrogen-bond acceptors (Lipinski definition) is 5. The molecule has 0 atom stereocenters. The molecule has 182 valence electrons. The van der Waals surface area contributed by atoms with Gasteiger partial charge in [0, 0.05) is 0 Å². The fourth-order valence-corrected chi connectivity index (χ4v) is 1.76. The van der Waals surface area contributed by atoms with E-state index in [1.54, 1.807) is 18.2 Å². The second-order valence-corrected chi connectivity index (χ2v) is 7.71. The van der Waals surface area contributed by atoms with E-state index in [9.17, 15) is 25.0 Å². The van der Waals surface area contributed by atoms with Crippen molar-refractivity contribution in [3.8, 4) is 0 Å². The van der Waals surface area contributed by atoms with Gasteiger partial charge in [-0.1, -0.05) is 97.3 Å². The molecule has 9 heteroatoms. The van der Waals surface area contributed by atoms with Gasteiger partial charge in [-0.25, -0.2) is 0 Å². The molecule has 0 aromatic heterocycles. The van der Waals surface area contributed by atoms with Crippen LogP contribution in [0.1, 0.15) is 79.1 Å². The zero-order chi connectivity index (χ0) is 24.1. The summed E-state index contributed by atoms with van der Waals surface area (Å²) < 4.78 is 10.5. The van der Waals surface area contributed by atoms with E-state index in [4.69, 9.17) is 9.79 Å². The first-order chi connectivity index (χ1) is 14.3. The summed E-state index contributed by atoms with van der Waals surface area (Å²) in [4.78, 5) is 17.2. The predicted octanol–water partition coefficient (Wildman–Crippen LogP) is 1.07. The average Bonchev–Trinajstić information content (AvgIpc) is 2.72. The van der Waals surface area contributed by atoms with Gasteiger partial charge in [0.05, 0.1) is 5.30 Å². The smallest absolute Gasteiger partial charge is 0.854 e. The molecule has 0 saturated carbocycles. The molecule has 0 spiro atoms. The van der Waals surface area contributed by atoms with Crippen LogP contribution in [-0.4, -0.2) is 36.2 Å². The van der Waals surface area contributed by atoms with Crippen molar-refractivity contribution >= 4 is 12.9 Å². The Morgan fingerprint density at radius 2 is 0.903 bits per heavy atom. The number of rotatable bonds is 9. The molecular weight excluding hydrogens is 455 g/mol. The van der Waals surface area contributed by atoms with Crippen LogP contribution in [0.3, 0.4) is 0 Å². The minimum absolute atomic E-state index is 0. The Morgan fingerprint density at radius 1 is 0.645 bits per heavy atom. The normalized spacial score (nSPS) is 9.10. The Morgan fingerprint density at radius 3 is 1.00 bits per heavy atom. The molecule has 1 aromatic rings. The molecule has 0 aliphatic rings. The summed E-state index contributed by atoms with van der Waals surface area (Å²) in [5.74, 6) is 0. The number of benzene rings is 1. The molecule has 0 radical (unpaired) electrons. The molecule has 0 amide bonds. The van der Waals surface area contributed by atoms with Crippen LogP contribution in [0.15, 0.2) is 30.3 Å². The molecule has 31 heavy (non-hydrogen) atoms. The van der Waals surface area contributed by atoms with Gasteiger partial charge in [0.2, 0.25) is 0 Å². The first kappa shape index (κ1) is 41.2. The van der Waals surface area contributed by atoms with Crippen molar-refractivity contribution in [3.63, 3.8) is 0 Å². The minimum atomic E-state index is -4.02. The molecule has 1 rings (SSSR count). The average molecular weight is 498 g/mol. The second-order valence-electron chi connectivity index (χ2n) is 6.11. The fourth-order valence-electron chi connectivity index (χ4n) is 1.20. The van der Waals surface area contributed by atoms with Crippen molar-refractivity contribution in [2.75, 3.05) is 26.4 Å². The zero-order valence-corrected chi connectivity index (χ0v) is 22.2. The van der Waals surface area contributed by atoms with E-state index >= 15 is 0 Å². The topological polar surface area (TPSA) is 150 Å². The van der Waals surface area contributed by atoms with Gasteiger partial charge in [0.15, 0.2) is 0 Å². The maximum Gasteiger partial charge on any atom is 4.00 e. The summed E-state index contributed by atoms with van der Waals surface area (Å²) in [6.45, 7) is 8.42. The van der Waals surface area contributed by atoms with Crippen LogP contribution in [0.2, 0.25) is 0 Å². The maximum absolute atomic E-state index is 10.5. The maximum atomic E-state index is 10.5. The summed E-state index contributed by atoms with van der Waals surface area (Å²) in [5.41, 5.74) is 0. The van der Waals surface area contributed by atoms with Crippen LogP contribution in [0, 0.1) is 0 Å². The summed E-state index contributed by atoms with van der Waals surface area (Å²) in [6, 6.07) is 7.70. The summed E-state index contributed by atoms with van der Waals surface area (Å²) in [7, 11) is -4.02. The van der Waals surface area contributed by atoms with Gasteiger partial charge in [-0.05, 0) is 12.1 Å². The van der Waals surface area contributed by atoms with Gasteiger partial charge in [0.25, 0.3) is 0 Å². The molecule has 0 saturated heterocycles.